The van der Waals surface area contributed by atoms with Gasteiger partial charge in [-0.15, -0.1) is 5.10 Å². The normalized spacial score (nSPS) is 11.2. The number of hydrogen-bond acceptors (Lipinski definition) is 5. The van der Waals surface area contributed by atoms with Gasteiger partial charge in [0.2, 0.25) is 5.95 Å². The van der Waals surface area contributed by atoms with E-state index >= 15 is 0 Å². The first kappa shape index (κ1) is 16.2. The Hall–Kier alpha value is -3.29. The lowest BCUT2D eigenvalue weighted by atomic mass is 10.2. The van der Waals surface area contributed by atoms with E-state index in [4.69, 9.17) is 0 Å². The van der Waals surface area contributed by atoms with Crippen LogP contribution in [0.2, 0.25) is 0 Å². The molecule has 0 aliphatic carbocycles. The van der Waals surface area contributed by atoms with Gasteiger partial charge in [-0.05, 0) is 24.6 Å². The van der Waals surface area contributed by atoms with Crippen molar-refractivity contribution in [3.8, 4) is 11.5 Å². The van der Waals surface area contributed by atoms with Gasteiger partial charge in [0.05, 0.1) is 11.9 Å². The molecule has 0 spiro atoms. The van der Waals surface area contributed by atoms with Crippen LogP contribution in [-0.2, 0) is 6.54 Å². The second-order valence-electron chi connectivity index (χ2n) is 5.91. The van der Waals surface area contributed by atoms with Gasteiger partial charge in [0.25, 0.3) is 0 Å². The molecule has 0 radical (unpaired) electrons. The van der Waals surface area contributed by atoms with E-state index in [0.29, 0.717) is 28.7 Å². The van der Waals surface area contributed by atoms with Crippen LogP contribution in [0.1, 0.15) is 18.9 Å². The van der Waals surface area contributed by atoms with Gasteiger partial charge in [-0.25, -0.2) is 14.1 Å². The number of anilines is 1. The number of nitrogens with zero attached hydrogens (tertiary/aromatic N) is 5. The van der Waals surface area contributed by atoms with Gasteiger partial charge >= 0.3 is 0 Å². The van der Waals surface area contributed by atoms with Crippen molar-refractivity contribution in [1.29, 1.82) is 0 Å². The summed E-state index contributed by atoms with van der Waals surface area (Å²) in [6, 6.07) is 10.4. The van der Waals surface area contributed by atoms with Crippen molar-refractivity contribution >= 4 is 17.0 Å². The molecule has 0 saturated carbocycles. The largest absolute Gasteiger partial charge is 0.353 e. The molecule has 4 aromatic rings. The summed E-state index contributed by atoms with van der Waals surface area (Å²) >= 11 is 0. The number of H-pyrrole nitrogens is 1. The van der Waals surface area contributed by atoms with Gasteiger partial charge in [-0.2, -0.15) is 10.1 Å². The minimum Gasteiger partial charge on any atom is -0.353 e. The highest BCUT2D eigenvalue weighted by Crippen LogP contribution is 2.25. The summed E-state index contributed by atoms with van der Waals surface area (Å²) in [5.41, 5.74) is 1.86. The molecule has 0 fully saturated rings. The van der Waals surface area contributed by atoms with Crippen LogP contribution in [0.25, 0.3) is 22.6 Å². The lowest BCUT2D eigenvalue weighted by Crippen LogP contribution is -2.04. The summed E-state index contributed by atoms with van der Waals surface area (Å²) in [6.07, 6.45) is 2.67. The molecular formula is C18H18FN7. The zero-order valence-electron chi connectivity index (χ0n) is 14.3. The minimum atomic E-state index is -0.264. The average molecular weight is 351 g/mol. The van der Waals surface area contributed by atoms with E-state index in [0.717, 1.165) is 18.4 Å². The lowest BCUT2D eigenvalue weighted by molar-refractivity contribution is 0.589. The van der Waals surface area contributed by atoms with Crippen molar-refractivity contribution in [2.75, 3.05) is 11.9 Å². The van der Waals surface area contributed by atoms with E-state index < -0.39 is 0 Å². The number of benzene rings is 1. The fourth-order valence-corrected chi connectivity index (χ4v) is 2.77. The van der Waals surface area contributed by atoms with E-state index in [1.54, 1.807) is 29.1 Å². The summed E-state index contributed by atoms with van der Waals surface area (Å²) in [7, 11) is 0. The van der Waals surface area contributed by atoms with Crippen molar-refractivity contribution in [2.45, 2.75) is 19.9 Å². The Morgan fingerprint density at radius 1 is 1.19 bits per heavy atom. The van der Waals surface area contributed by atoms with Crippen LogP contribution < -0.4 is 5.32 Å². The lowest BCUT2D eigenvalue weighted by Gasteiger charge is -2.04. The van der Waals surface area contributed by atoms with Crippen LogP contribution >= 0.6 is 0 Å². The highest BCUT2D eigenvalue weighted by atomic mass is 19.1. The van der Waals surface area contributed by atoms with E-state index in [1.165, 1.54) is 6.07 Å². The Bertz CT molecular complexity index is 1040. The monoisotopic (exact) mass is 351 g/mol. The maximum Gasteiger partial charge on any atom is 0.242 e. The summed E-state index contributed by atoms with van der Waals surface area (Å²) in [5, 5.41) is 15.7. The van der Waals surface area contributed by atoms with Crippen LogP contribution in [0.5, 0.6) is 0 Å². The number of aromatic nitrogens is 6. The average Bonchev–Trinajstić information content (AvgIpc) is 3.27. The first-order valence-electron chi connectivity index (χ1n) is 8.48. The molecule has 0 aliphatic heterocycles. The van der Waals surface area contributed by atoms with Gasteiger partial charge in [0, 0.05) is 18.3 Å². The second kappa shape index (κ2) is 6.91. The molecule has 132 valence electrons. The summed E-state index contributed by atoms with van der Waals surface area (Å²) < 4.78 is 15.7. The van der Waals surface area contributed by atoms with Crippen molar-refractivity contribution in [1.82, 2.24) is 29.9 Å². The molecule has 4 rings (SSSR count). The quantitative estimate of drug-likeness (QED) is 0.557. The SMILES string of the molecule is CCCNc1n[nH]c(-c2nn(Cc3ccccc3F)c3ncccc23)n1. The third-order valence-corrected chi connectivity index (χ3v) is 4.03. The number of nitrogens with one attached hydrogen (secondary N) is 2. The highest BCUT2D eigenvalue weighted by molar-refractivity contribution is 5.89. The Balaban J connectivity index is 1.74. The number of halogens is 1. The Morgan fingerprint density at radius 3 is 2.92 bits per heavy atom. The number of pyridine rings is 1. The maximum absolute atomic E-state index is 14.0. The van der Waals surface area contributed by atoms with Crippen molar-refractivity contribution < 1.29 is 4.39 Å². The standard InChI is InChI=1S/C18H18FN7/c1-2-9-21-18-22-16(23-24-18)15-13-7-5-10-20-17(13)26(25-15)11-12-6-3-4-8-14(12)19/h3-8,10H,2,9,11H2,1H3,(H2,21,22,23,24). The second-order valence-corrected chi connectivity index (χ2v) is 5.91. The fraction of sp³-hybridized carbons (Fsp3) is 0.222. The number of rotatable bonds is 6. The molecule has 3 heterocycles. The predicted octanol–water partition coefficient (Wildman–Crippen LogP) is 3.23. The van der Waals surface area contributed by atoms with Crippen LogP contribution in [0.4, 0.5) is 10.3 Å². The first-order valence-corrected chi connectivity index (χ1v) is 8.48. The topological polar surface area (TPSA) is 84.3 Å². The van der Waals surface area contributed by atoms with Crippen LogP contribution in [0, 0.1) is 5.82 Å². The molecular weight excluding hydrogens is 333 g/mol. The van der Waals surface area contributed by atoms with Gasteiger partial charge in [-0.3, -0.25) is 5.10 Å². The molecule has 0 atom stereocenters. The predicted molar refractivity (Wildman–Crippen MR) is 97.2 cm³/mol. The highest BCUT2D eigenvalue weighted by Gasteiger charge is 2.17. The number of fused-ring (bicyclic) bond motifs is 1. The molecule has 0 aliphatic rings. The Labute approximate surface area is 149 Å². The smallest absolute Gasteiger partial charge is 0.242 e. The van der Waals surface area contributed by atoms with Crippen molar-refractivity contribution in [3.63, 3.8) is 0 Å². The summed E-state index contributed by atoms with van der Waals surface area (Å²) in [4.78, 5) is 8.86. The molecule has 2 N–H and O–H groups in total. The molecule has 0 saturated heterocycles. The number of aromatic amines is 1. The molecule has 0 amide bonds. The van der Waals surface area contributed by atoms with Gasteiger partial charge in [0.1, 0.15) is 11.5 Å². The Kier molecular flexibility index (Phi) is 4.30. The van der Waals surface area contributed by atoms with Crippen molar-refractivity contribution in [2.24, 2.45) is 0 Å². The van der Waals surface area contributed by atoms with Crippen LogP contribution in [-0.4, -0.2) is 36.5 Å². The van der Waals surface area contributed by atoms with Gasteiger partial charge in [-0.1, -0.05) is 25.1 Å². The van der Waals surface area contributed by atoms with E-state index in [2.05, 4.69) is 37.5 Å². The third kappa shape index (κ3) is 3.01. The zero-order valence-corrected chi connectivity index (χ0v) is 14.3. The minimum absolute atomic E-state index is 0.264. The fourth-order valence-electron chi connectivity index (χ4n) is 2.77. The number of hydrogen-bond donors (Lipinski definition) is 2. The molecule has 3 aromatic heterocycles. The van der Waals surface area contributed by atoms with Gasteiger partial charge < -0.3 is 5.32 Å². The molecule has 1 aromatic carbocycles. The van der Waals surface area contributed by atoms with Crippen molar-refractivity contribution in [3.05, 3.63) is 54.0 Å². The van der Waals surface area contributed by atoms with Crippen LogP contribution in [0.3, 0.4) is 0 Å². The molecule has 8 heteroatoms. The molecule has 0 bridgehead atoms. The van der Waals surface area contributed by atoms with E-state index in [-0.39, 0.29) is 12.4 Å². The Morgan fingerprint density at radius 2 is 2.08 bits per heavy atom. The van der Waals surface area contributed by atoms with E-state index in [9.17, 15) is 4.39 Å². The molecule has 26 heavy (non-hydrogen) atoms. The molecule has 7 nitrogen and oxygen atoms in total. The maximum atomic E-state index is 14.0. The summed E-state index contributed by atoms with van der Waals surface area (Å²) in [5.74, 6) is 0.816. The third-order valence-electron chi connectivity index (χ3n) is 4.03. The first-order chi connectivity index (χ1) is 12.8. The van der Waals surface area contributed by atoms with E-state index in [1.807, 2.05) is 12.1 Å². The van der Waals surface area contributed by atoms with Crippen LogP contribution in [0.15, 0.2) is 42.6 Å². The molecule has 0 unspecified atom stereocenters. The summed E-state index contributed by atoms with van der Waals surface area (Å²) in [6.45, 7) is 3.15. The zero-order chi connectivity index (χ0) is 17.9. The van der Waals surface area contributed by atoms with Gasteiger partial charge in [0.15, 0.2) is 11.5 Å².